The molecule has 2 N–H and O–H groups in total. The highest BCUT2D eigenvalue weighted by Gasteiger charge is 2.24. The molecule has 72 valence electrons. The zero-order chi connectivity index (χ0) is 9.71. The van der Waals surface area contributed by atoms with E-state index in [1.165, 1.54) is 6.20 Å². The van der Waals surface area contributed by atoms with Crippen LogP contribution < -0.4 is 5.73 Å². The molecule has 0 amide bonds. The van der Waals surface area contributed by atoms with Gasteiger partial charge in [0.05, 0.1) is 12.2 Å². The molecule has 3 heterocycles. The summed E-state index contributed by atoms with van der Waals surface area (Å²) in [6.07, 6.45) is 2.41. The van der Waals surface area contributed by atoms with Crippen LogP contribution in [0.1, 0.15) is 18.3 Å². The summed E-state index contributed by atoms with van der Waals surface area (Å²) < 4.78 is 1.98. The molecule has 0 spiro atoms. The van der Waals surface area contributed by atoms with E-state index in [4.69, 9.17) is 17.3 Å². The van der Waals surface area contributed by atoms with E-state index in [0.717, 1.165) is 24.4 Å². The molecule has 2 aromatic heterocycles. The van der Waals surface area contributed by atoms with Crippen LogP contribution in [0.25, 0.3) is 11.3 Å². The molecule has 0 saturated carbocycles. The van der Waals surface area contributed by atoms with Crippen molar-refractivity contribution < 1.29 is 0 Å². The Hall–Kier alpha value is -1.20. The number of imidazole rings is 1. The van der Waals surface area contributed by atoms with Crippen LogP contribution in [0.3, 0.4) is 0 Å². The minimum Gasteiger partial charge on any atom is -0.321 e. The molecule has 1 aliphatic heterocycles. The van der Waals surface area contributed by atoms with Gasteiger partial charge in [-0.05, 0) is 6.42 Å². The SMILES string of the molecule is NC1CCn2c1nc1ncc(Cl)nc12. The van der Waals surface area contributed by atoms with Crippen LogP contribution in [0.15, 0.2) is 6.20 Å². The van der Waals surface area contributed by atoms with Gasteiger partial charge in [-0.2, -0.15) is 0 Å². The first-order valence-electron chi connectivity index (χ1n) is 4.40. The van der Waals surface area contributed by atoms with Crippen LogP contribution in [-0.2, 0) is 6.54 Å². The molecule has 5 nitrogen and oxygen atoms in total. The van der Waals surface area contributed by atoms with E-state index in [9.17, 15) is 0 Å². The van der Waals surface area contributed by atoms with Crippen molar-refractivity contribution in [2.45, 2.75) is 19.0 Å². The standard InChI is InChI=1S/C8H8ClN5/c9-5-3-11-6-8(12-5)14-2-1-4(10)7(14)13-6/h3-4H,1-2,10H2. The van der Waals surface area contributed by atoms with E-state index in [1.807, 2.05) is 4.57 Å². The first kappa shape index (κ1) is 8.14. The van der Waals surface area contributed by atoms with E-state index in [2.05, 4.69) is 15.0 Å². The highest BCUT2D eigenvalue weighted by atomic mass is 35.5. The van der Waals surface area contributed by atoms with Crippen LogP contribution in [0, 0.1) is 0 Å². The fraction of sp³-hybridized carbons (Fsp3) is 0.375. The van der Waals surface area contributed by atoms with Gasteiger partial charge in [0.1, 0.15) is 11.0 Å². The molecule has 6 heteroatoms. The summed E-state index contributed by atoms with van der Waals surface area (Å²) >= 11 is 5.77. The smallest absolute Gasteiger partial charge is 0.197 e. The maximum Gasteiger partial charge on any atom is 0.197 e. The van der Waals surface area contributed by atoms with Gasteiger partial charge >= 0.3 is 0 Å². The number of hydrogen-bond donors (Lipinski definition) is 1. The van der Waals surface area contributed by atoms with E-state index < -0.39 is 0 Å². The van der Waals surface area contributed by atoms with Gasteiger partial charge in [-0.15, -0.1) is 0 Å². The van der Waals surface area contributed by atoms with Gasteiger partial charge in [0, 0.05) is 6.54 Å². The Morgan fingerprint density at radius 2 is 2.36 bits per heavy atom. The Balaban J connectivity index is 2.36. The summed E-state index contributed by atoms with van der Waals surface area (Å²) in [5, 5.41) is 0.390. The van der Waals surface area contributed by atoms with Crippen LogP contribution in [0.2, 0.25) is 5.15 Å². The van der Waals surface area contributed by atoms with Gasteiger partial charge in [0.25, 0.3) is 0 Å². The third-order valence-corrected chi connectivity index (χ3v) is 2.64. The quantitative estimate of drug-likeness (QED) is 0.700. The Bertz CT molecular complexity index is 506. The molecule has 3 rings (SSSR count). The van der Waals surface area contributed by atoms with E-state index in [0.29, 0.717) is 10.8 Å². The van der Waals surface area contributed by atoms with Crippen molar-refractivity contribution in [1.82, 2.24) is 19.5 Å². The molecule has 1 atom stereocenters. The van der Waals surface area contributed by atoms with Gasteiger partial charge < -0.3 is 10.3 Å². The maximum atomic E-state index is 5.88. The molecule has 0 fully saturated rings. The molecule has 2 aromatic rings. The number of aromatic nitrogens is 4. The van der Waals surface area contributed by atoms with Crippen LogP contribution >= 0.6 is 11.6 Å². The lowest BCUT2D eigenvalue weighted by Crippen LogP contribution is -2.06. The topological polar surface area (TPSA) is 69.6 Å². The molecule has 1 aliphatic rings. The minimum absolute atomic E-state index is 0.00442. The van der Waals surface area contributed by atoms with Crippen molar-refractivity contribution in [2.75, 3.05) is 0 Å². The molecule has 0 aromatic carbocycles. The van der Waals surface area contributed by atoms with Crippen LogP contribution in [0.4, 0.5) is 0 Å². The van der Waals surface area contributed by atoms with Gasteiger partial charge in [-0.3, -0.25) is 0 Å². The Kier molecular flexibility index (Phi) is 1.54. The lowest BCUT2D eigenvalue weighted by Gasteiger charge is -1.95. The summed E-state index contributed by atoms with van der Waals surface area (Å²) in [4.78, 5) is 12.6. The van der Waals surface area contributed by atoms with Crippen molar-refractivity contribution in [3.63, 3.8) is 0 Å². The number of fused-ring (bicyclic) bond motifs is 3. The number of aryl methyl sites for hydroxylation is 1. The van der Waals surface area contributed by atoms with Gasteiger partial charge in [-0.25, -0.2) is 15.0 Å². The number of nitrogens with two attached hydrogens (primary N) is 1. The Morgan fingerprint density at radius 3 is 3.21 bits per heavy atom. The molecule has 0 bridgehead atoms. The summed E-state index contributed by atoms with van der Waals surface area (Å²) in [6, 6.07) is 0.00442. The normalized spacial score (nSPS) is 20.3. The zero-order valence-electron chi connectivity index (χ0n) is 7.31. The number of hydrogen-bond acceptors (Lipinski definition) is 4. The molecular formula is C8H8ClN5. The summed E-state index contributed by atoms with van der Waals surface area (Å²) in [7, 11) is 0. The van der Waals surface area contributed by atoms with Crippen molar-refractivity contribution >= 4 is 22.9 Å². The van der Waals surface area contributed by atoms with Gasteiger partial charge in [-0.1, -0.05) is 11.6 Å². The lowest BCUT2D eigenvalue weighted by atomic mass is 10.3. The number of rotatable bonds is 0. The molecule has 14 heavy (non-hydrogen) atoms. The average Bonchev–Trinajstić information content (AvgIpc) is 2.67. The molecule has 0 aliphatic carbocycles. The Morgan fingerprint density at radius 1 is 1.50 bits per heavy atom. The van der Waals surface area contributed by atoms with Crippen molar-refractivity contribution in [2.24, 2.45) is 5.73 Å². The fourth-order valence-corrected chi connectivity index (χ4v) is 1.92. The fourth-order valence-electron chi connectivity index (χ4n) is 1.79. The first-order chi connectivity index (χ1) is 6.75. The van der Waals surface area contributed by atoms with Gasteiger partial charge in [0.2, 0.25) is 0 Å². The number of halogens is 1. The second-order valence-electron chi connectivity index (χ2n) is 3.36. The van der Waals surface area contributed by atoms with Gasteiger partial charge in [0.15, 0.2) is 11.3 Å². The predicted octanol–water partition coefficient (Wildman–Crippen LogP) is 0.883. The number of nitrogens with zero attached hydrogens (tertiary/aromatic N) is 4. The predicted molar refractivity (Wildman–Crippen MR) is 51.9 cm³/mol. The summed E-state index contributed by atoms with van der Waals surface area (Å²) in [5.41, 5.74) is 7.24. The van der Waals surface area contributed by atoms with Crippen molar-refractivity contribution in [3.05, 3.63) is 17.2 Å². The Labute approximate surface area is 84.9 Å². The third kappa shape index (κ3) is 0.964. The maximum absolute atomic E-state index is 5.88. The monoisotopic (exact) mass is 209 g/mol. The second-order valence-corrected chi connectivity index (χ2v) is 3.74. The third-order valence-electron chi connectivity index (χ3n) is 2.45. The lowest BCUT2D eigenvalue weighted by molar-refractivity contribution is 0.683. The van der Waals surface area contributed by atoms with Crippen LogP contribution in [-0.4, -0.2) is 19.5 Å². The largest absolute Gasteiger partial charge is 0.321 e. The molecule has 1 unspecified atom stereocenters. The minimum atomic E-state index is 0.00442. The van der Waals surface area contributed by atoms with Crippen molar-refractivity contribution in [3.8, 4) is 0 Å². The highest BCUT2D eigenvalue weighted by molar-refractivity contribution is 6.29. The second kappa shape index (κ2) is 2.65. The average molecular weight is 210 g/mol. The summed E-state index contributed by atoms with van der Waals surface area (Å²) in [5.74, 6) is 0.863. The summed E-state index contributed by atoms with van der Waals surface area (Å²) in [6.45, 7) is 0.849. The van der Waals surface area contributed by atoms with Crippen molar-refractivity contribution in [1.29, 1.82) is 0 Å². The van der Waals surface area contributed by atoms with Crippen LogP contribution in [0.5, 0.6) is 0 Å². The van der Waals surface area contributed by atoms with E-state index in [-0.39, 0.29) is 6.04 Å². The van der Waals surface area contributed by atoms with E-state index >= 15 is 0 Å². The highest BCUT2D eigenvalue weighted by Crippen LogP contribution is 2.26. The zero-order valence-corrected chi connectivity index (χ0v) is 8.07. The first-order valence-corrected chi connectivity index (χ1v) is 4.78. The molecule has 0 saturated heterocycles. The van der Waals surface area contributed by atoms with E-state index in [1.54, 1.807) is 0 Å². The molecule has 0 radical (unpaired) electrons. The molecular weight excluding hydrogens is 202 g/mol.